The zero-order valence-corrected chi connectivity index (χ0v) is 11.7. The Hall–Kier alpha value is -1.36. The number of ether oxygens (including phenoxy) is 1. The number of hydrogen-bond acceptors (Lipinski definition) is 3. The number of benzene rings is 1. The lowest BCUT2D eigenvalue weighted by Gasteiger charge is -2.07. The lowest BCUT2D eigenvalue weighted by atomic mass is 10.0. The first-order chi connectivity index (χ1) is 9.01. The molecule has 0 saturated carbocycles. The van der Waals surface area contributed by atoms with Gasteiger partial charge in [-0.05, 0) is 19.1 Å². The SMILES string of the molecule is C1CO1.CC=C(C=O)c1c(Cl)cc(C(=O)O)cc1Cl. The molecular weight excluding hydrogens is 291 g/mol. The van der Waals surface area contributed by atoms with Gasteiger partial charge in [0.05, 0.1) is 28.8 Å². The van der Waals surface area contributed by atoms with Gasteiger partial charge in [0.25, 0.3) is 0 Å². The van der Waals surface area contributed by atoms with Gasteiger partial charge < -0.3 is 9.84 Å². The van der Waals surface area contributed by atoms with E-state index in [9.17, 15) is 9.59 Å². The Balaban J connectivity index is 0.000000524. The van der Waals surface area contributed by atoms with E-state index in [0.29, 0.717) is 17.4 Å². The fraction of sp³-hybridized carbons (Fsp3) is 0.231. The van der Waals surface area contributed by atoms with Crippen LogP contribution >= 0.6 is 23.2 Å². The van der Waals surface area contributed by atoms with Crippen molar-refractivity contribution in [3.63, 3.8) is 0 Å². The molecule has 0 spiro atoms. The standard InChI is InChI=1S/C11H8Cl2O3.C2H4O/c1-2-6(5-14)10-8(12)3-7(11(15)16)4-9(10)13;1-2-3-1/h2-5H,1H3,(H,15,16);1-2H2. The predicted molar refractivity (Wildman–Crippen MR) is 74.0 cm³/mol. The van der Waals surface area contributed by atoms with Gasteiger partial charge in [-0.1, -0.05) is 29.3 Å². The highest BCUT2D eigenvalue weighted by molar-refractivity contribution is 6.39. The van der Waals surface area contributed by atoms with Crippen molar-refractivity contribution < 1.29 is 19.4 Å². The first kappa shape index (κ1) is 15.7. The van der Waals surface area contributed by atoms with E-state index in [2.05, 4.69) is 4.74 Å². The summed E-state index contributed by atoms with van der Waals surface area (Å²) >= 11 is 11.8. The van der Waals surface area contributed by atoms with Crippen LogP contribution in [-0.4, -0.2) is 30.6 Å². The Bertz CT molecular complexity index is 496. The minimum Gasteiger partial charge on any atom is -0.478 e. The first-order valence-electron chi connectivity index (χ1n) is 5.43. The second kappa shape index (κ2) is 7.28. The molecule has 0 unspecified atom stereocenters. The zero-order valence-electron chi connectivity index (χ0n) is 10.2. The molecule has 4 nitrogen and oxygen atoms in total. The van der Waals surface area contributed by atoms with Crippen LogP contribution in [0.2, 0.25) is 10.0 Å². The van der Waals surface area contributed by atoms with Crippen LogP contribution in [0.1, 0.15) is 22.8 Å². The van der Waals surface area contributed by atoms with Gasteiger partial charge in [0.2, 0.25) is 0 Å². The van der Waals surface area contributed by atoms with Gasteiger partial charge in [0.15, 0.2) is 0 Å². The molecule has 2 rings (SSSR count). The van der Waals surface area contributed by atoms with Crippen LogP contribution in [0.25, 0.3) is 5.57 Å². The quantitative estimate of drug-likeness (QED) is 0.528. The van der Waals surface area contributed by atoms with E-state index in [1.54, 1.807) is 13.0 Å². The molecule has 0 atom stereocenters. The monoisotopic (exact) mass is 302 g/mol. The summed E-state index contributed by atoms with van der Waals surface area (Å²) in [6.45, 7) is 3.67. The molecule has 102 valence electrons. The van der Waals surface area contributed by atoms with Crippen molar-refractivity contribution in [1.29, 1.82) is 0 Å². The molecule has 19 heavy (non-hydrogen) atoms. The van der Waals surface area contributed by atoms with Gasteiger partial charge in [-0.2, -0.15) is 0 Å². The largest absolute Gasteiger partial charge is 0.478 e. The third kappa shape index (κ3) is 4.67. The summed E-state index contributed by atoms with van der Waals surface area (Å²) in [5.41, 5.74) is 0.665. The van der Waals surface area contributed by atoms with Gasteiger partial charge in [0.1, 0.15) is 6.29 Å². The molecule has 1 N–H and O–H groups in total. The normalized spacial score (nSPS) is 13.3. The van der Waals surface area contributed by atoms with Crippen molar-refractivity contribution in [3.8, 4) is 0 Å². The molecule has 0 radical (unpaired) electrons. The number of aldehydes is 1. The molecule has 0 bridgehead atoms. The van der Waals surface area contributed by atoms with Gasteiger partial charge in [-0.25, -0.2) is 4.79 Å². The van der Waals surface area contributed by atoms with Gasteiger partial charge in [0, 0.05) is 11.1 Å². The number of aromatic carboxylic acids is 1. The number of carboxylic acid groups (broad SMARTS) is 1. The van der Waals surface area contributed by atoms with Crippen molar-refractivity contribution in [2.24, 2.45) is 0 Å². The van der Waals surface area contributed by atoms with E-state index < -0.39 is 5.97 Å². The Labute approximate surface area is 120 Å². The molecule has 1 aromatic rings. The summed E-state index contributed by atoms with van der Waals surface area (Å²) in [5.74, 6) is -1.12. The smallest absolute Gasteiger partial charge is 0.335 e. The van der Waals surface area contributed by atoms with Crippen LogP contribution < -0.4 is 0 Å². The van der Waals surface area contributed by atoms with Crippen LogP contribution in [0, 0.1) is 0 Å². The number of carboxylic acids is 1. The number of hydrogen-bond donors (Lipinski definition) is 1. The van der Waals surface area contributed by atoms with Crippen molar-refractivity contribution >= 4 is 41.0 Å². The summed E-state index contributed by atoms with van der Waals surface area (Å²) in [6, 6.07) is 2.52. The molecule has 1 aliphatic rings. The van der Waals surface area contributed by atoms with Crippen LogP contribution in [0.5, 0.6) is 0 Å². The molecule has 6 heteroatoms. The summed E-state index contributed by atoms with van der Waals surface area (Å²) in [7, 11) is 0. The maximum Gasteiger partial charge on any atom is 0.335 e. The zero-order chi connectivity index (χ0) is 14.4. The van der Waals surface area contributed by atoms with E-state index in [0.717, 1.165) is 13.2 Å². The van der Waals surface area contributed by atoms with Crippen molar-refractivity contribution in [2.45, 2.75) is 6.92 Å². The number of rotatable bonds is 3. The highest BCUT2D eigenvalue weighted by atomic mass is 35.5. The lowest BCUT2D eigenvalue weighted by Crippen LogP contribution is -1.98. The Morgan fingerprint density at radius 3 is 2.05 bits per heavy atom. The fourth-order valence-electron chi connectivity index (χ4n) is 1.24. The molecular formula is C13H12Cl2O4. The molecule has 1 aliphatic heterocycles. The molecule has 0 aliphatic carbocycles. The Kier molecular flexibility index (Phi) is 6.02. The number of carbonyl (C=O) groups is 2. The van der Waals surface area contributed by atoms with Crippen molar-refractivity contribution in [2.75, 3.05) is 13.2 Å². The molecule has 0 aromatic heterocycles. The summed E-state index contributed by atoms with van der Waals surface area (Å²) < 4.78 is 4.50. The Morgan fingerprint density at radius 1 is 1.32 bits per heavy atom. The highest BCUT2D eigenvalue weighted by Gasteiger charge is 2.14. The number of epoxide rings is 1. The highest BCUT2D eigenvalue weighted by Crippen LogP contribution is 2.31. The second-order valence-corrected chi connectivity index (χ2v) is 4.41. The van der Waals surface area contributed by atoms with E-state index in [1.807, 2.05) is 0 Å². The summed E-state index contributed by atoms with van der Waals surface area (Å²) in [5, 5.41) is 9.06. The molecule has 1 saturated heterocycles. The number of carbonyl (C=O) groups excluding carboxylic acids is 1. The molecule has 1 aromatic carbocycles. The van der Waals surface area contributed by atoms with Crippen LogP contribution in [0.3, 0.4) is 0 Å². The molecule has 1 heterocycles. The van der Waals surface area contributed by atoms with Gasteiger partial charge in [-0.3, -0.25) is 4.79 Å². The number of halogens is 2. The second-order valence-electron chi connectivity index (χ2n) is 3.59. The third-order valence-electron chi connectivity index (χ3n) is 2.22. The first-order valence-corrected chi connectivity index (χ1v) is 6.18. The topological polar surface area (TPSA) is 66.9 Å². The fourth-order valence-corrected chi connectivity index (χ4v) is 1.95. The third-order valence-corrected chi connectivity index (χ3v) is 2.82. The number of allylic oxidation sites excluding steroid dienone is 2. The Morgan fingerprint density at radius 2 is 1.79 bits per heavy atom. The maximum atomic E-state index is 10.8. The maximum absolute atomic E-state index is 10.8. The van der Waals surface area contributed by atoms with Crippen LogP contribution in [0.15, 0.2) is 18.2 Å². The van der Waals surface area contributed by atoms with Crippen LogP contribution in [-0.2, 0) is 9.53 Å². The predicted octanol–water partition coefficient (Wildman–Crippen LogP) is 3.31. The van der Waals surface area contributed by atoms with Crippen molar-refractivity contribution in [1.82, 2.24) is 0 Å². The van der Waals surface area contributed by atoms with E-state index >= 15 is 0 Å². The average Bonchev–Trinajstić information content (AvgIpc) is 3.21. The van der Waals surface area contributed by atoms with E-state index in [-0.39, 0.29) is 15.6 Å². The summed E-state index contributed by atoms with van der Waals surface area (Å²) in [6.07, 6.45) is 2.17. The van der Waals surface area contributed by atoms with E-state index in [1.165, 1.54) is 12.1 Å². The van der Waals surface area contributed by atoms with Crippen LogP contribution in [0.4, 0.5) is 0 Å². The van der Waals surface area contributed by atoms with Gasteiger partial charge >= 0.3 is 5.97 Å². The summed E-state index contributed by atoms with van der Waals surface area (Å²) in [4.78, 5) is 21.5. The van der Waals surface area contributed by atoms with Gasteiger partial charge in [-0.15, -0.1) is 0 Å². The molecule has 0 amide bonds. The van der Waals surface area contributed by atoms with Crippen molar-refractivity contribution in [3.05, 3.63) is 39.4 Å². The lowest BCUT2D eigenvalue weighted by molar-refractivity contribution is -0.103. The average molecular weight is 303 g/mol. The molecule has 1 fully saturated rings. The minimum atomic E-state index is -1.12. The van der Waals surface area contributed by atoms with E-state index in [4.69, 9.17) is 28.3 Å². The minimum absolute atomic E-state index is 0.0138.